The SMILES string of the molecule is C=C(CC)C(=O)Oc1c(C=O)ccc(O)c1OC. The standard InChI is InChI=1S/C13H14O5/c1-4-8(2)13(16)18-11-9(7-14)5-6-10(15)12(11)17-3/h5-7,15H,2,4H2,1,3H3. The van der Waals surface area contributed by atoms with Gasteiger partial charge in [-0.2, -0.15) is 0 Å². The maximum atomic E-state index is 11.6. The van der Waals surface area contributed by atoms with Crippen molar-refractivity contribution in [2.45, 2.75) is 13.3 Å². The first-order valence-corrected chi connectivity index (χ1v) is 5.30. The first-order valence-electron chi connectivity index (χ1n) is 5.30. The van der Waals surface area contributed by atoms with Crippen LogP contribution >= 0.6 is 0 Å². The highest BCUT2D eigenvalue weighted by molar-refractivity contribution is 5.92. The number of ether oxygens (including phenoxy) is 2. The number of carbonyl (C=O) groups excluding carboxylic acids is 2. The van der Waals surface area contributed by atoms with Crippen molar-refractivity contribution in [3.05, 3.63) is 29.8 Å². The largest absolute Gasteiger partial charge is 0.504 e. The van der Waals surface area contributed by atoms with Crippen LogP contribution < -0.4 is 9.47 Å². The second kappa shape index (κ2) is 5.86. The Balaban J connectivity index is 3.20. The summed E-state index contributed by atoms with van der Waals surface area (Å²) in [6.07, 6.45) is 0.940. The quantitative estimate of drug-likeness (QED) is 0.375. The molecule has 0 unspecified atom stereocenters. The lowest BCUT2D eigenvalue weighted by atomic mass is 10.2. The fourth-order valence-electron chi connectivity index (χ4n) is 1.27. The van der Waals surface area contributed by atoms with Crippen LogP contribution in [0.15, 0.2) is 24.3 Å². The van der Waals surface area contributed by atoms with Gasteiger partial charge in [0.15, 0.2) is 17.8 Å². The minimum absolute atomic E-state index is 0.0585. The van der Waals surface area contributed by atoms with E-state index in [4.69, 9.17) is 9.47 Å². The first kappa shape index (κ1) is 13.8. The molecule has 0 spiro atoms. The maximum absolute atomic E-state index is 11.6. The number of aromatic hydroxyl groups is 1. The molecule has 1 N–H and O–H groups in total. The van der Waals surface area contributed by atoms with E-state index in [1.807, 2.05) is 0 Å². The average Bonchev–Trinajstić information content (AvgIpc) is 2.38. The third-order valence-electron chi connectivity index (χ3n) is 2.36. The number of aldehydes is 1. The van der Waals surface area contributed by atoms with Gasteiger partial charge in [0.2, 0.25) is 5.75 Å². The van der Waals surface area contributed by atoms with Crippen molar-refractivity contribution >= 4 is 12.3 Å². The van der Waals surface area contributed by atoms with Crippen LogP contribution in [0.25, 0.3) is 0 Å². The monoisotopic (exact) mass is 250 g/mol. The molecule has 0 saturated heterocycles. The van der Waals surface area contributed by atoms with E-state index < -0.39 is 5.97 Å². The summed E-state index contributed by atoms with van der Waals surface area (Å²) in [5.41, 5.74) is 0.374. The molecule has 0 aliphatic carbocycles. The minimum Gasteiger partial charge on any atom is -0.504 e. The Labute approximate surface area is 105 Å². The van der Waals surface area contributed by atoms with Crippen LogP contribution in [0.3, 0.4) is 0 Å². The molecule has 0 radical (unpaired) electrons. The molecule has 0 fully saturated rings. The van der Waals surface area contributed by atoms with Crippen LogP contribution in [-0.4, -0.2) is 24.5 Å². The molecule has 96 valence electrons. The molecule has 0 aliphatic rings. The molecule has 1 rings (SSSR count). The zero-order chi connectivity index (χ0) is 13.7. The second-order valence-corrected chi connectivity index (χ2v) is 3.50. The van der Waals surface area contributed by atoms with E-state index in [0.717, 1.165) is 0 Å². The van der Waals surface area contributed by atoms with Gasteiger partial charge in [-0.1, -0.05) is 13.5 Å². The fraction of sp³-hybridized carbons (Fsp3) is 0.231. The molecular formula is C13H14O5. The second-order valence-electron chi connectivity index (χ2n) is 3.50. The predicted molar refractivity (Wildman–Crippen MR) is 65.1 cm³/mol. The summed E-state index contributed by atoms with van der Waals surface area (Å²) in [5.74, 6) is -1.04. The molecule has 0 aromatic heterocycles. The Morgan fingerprint density at radius 1 is 1.44 bits per heavy atom. The lowest BCUT2D eigenvalue weighted by Gasteiger charge is -2.12. The molecule has 0 heterocycles. The molecule has 0 bridgehead atoms. The van der Waals surface area contributed by atoms with E-state index in [9.17, 15) is 14.7 Å². The van der Waals surface area contributed by atoms with E-state index in [1.165, 1.54) is 19.2 Å². The Bertz CT molecular complexity index is 490. The highest BCUT2D eigenvalue weighted by Crippen LogP contribution is 2.38. The van der Waals surface area contributed by atoms with Crippen molar-refractivity contribution in [1.82, 2.24) is 0 Å². The number of hydrogen-bond donors (Lipinski definition) is 1. The average molecular weight is 250 g/mol. The maximum Gasteiger partial charge on any atom is 0.338 e. The summed E-state index contributed by atoms with van der Waals surface area (Å²) in [6.45, 7) is 5.29. The molecule has 0 amide bonds. The van der Waals surface area contributed by atoms with Gasteiger partial charge >= 0.3 is 5.97 Å². The van der Waals surface area contributed by atoms with Crippen molar-refractivity contribution in [1.29, 1.82) is 0 Å². The van der Waals surface area contributed by atoms with Crippen LogP contribution in [0.5, 0.6) is 17.2 Å². The van der Waals surface area contributed by atoms with Gasteiger partial charge in [-0.05, 0) is 18.6 Å². The molecule has 1 aromatic carbocycles. The van der Waals surface area contributed by atoms with Gasteiger partial charge in [0.05, 0.1) is 12.7 Å². The van der Waals surface area contributed by atoms with Crippen LogP contribution in [-0.2, 0) is 4.79 Å². The molecule has 0 aliphatic heterocycles. The summed E-state index contributed by atoms with van der Waals surface area (Å²) < 4.78 is 9.95. The van der Waals surface area contributed by atoms with Gasteiger partial charge < -0.3 is 14.6 Å². The van der Waals surface area contributed by atoms with Crippen LogP contribution in [0.2, 0.25) is 0 Å². The Hall–Kier alpha value is -2.30. The predicted octanol–water partition coefficient (Wildman–Crippen LogP) is 2.08. The smallest absolute Gasteiger partial charge is 0.338 e. The third kappa shape index (κ3) is 2.68. The molecular weight excluding hydrogens is 236 g/mol. The van der Waals surface area contributed by atoms with Crippen LogP contribution in [0.1, 0.15) is 23.7 Å². The zero-order valence-corrected chi connectivity index (χ0v) is 10.2. The number of phenols is 1. The Morgan fingerprint density at radius 2 is 2.11 bits per heavy atom. The number of hydrogen-bond acceptors (Lipinski definition) is 5. The highest BCUT2D eigenvalue weighted by atomic mass is 16.6. The number of phenolic OH excluding ortho intramolecular Hbond substituents is 1. The molecule has 5 nitrogen and oxygen atoms in total. The summed E-state index contributed by atoms with van der Waals surface area (Å²) >= 11 is 0. The van der Waals surface area contributed by atoms with E-state index in [0.29, 0.717) is 12.7 Å². The molecule has 1 aromatic rings. The molecule has 0 saturated carbocycles. The van der Waals surface area contributed by atoms with Gasteiger partial charge in [0, 0.05) is 5.57 Å². The molecule has 0 atom stereocenters. The summed E-state index contributed by atoms with van der Waals surface area (Å²) in [5, 5.41) is 9.57. The van der Waals surface area contributed by atoms with Gasteiger partial charge in [0.1, 0.15) is 0 Å². The van der Waals surface area contributed by atoms with Gasteiger partial charge in [0.25, 0.3) is 0 Å². The first-order chi connectivity index (χ1) is 8.54. The van der Waals surface area contributed by atoms with Crippen LogP contribution in [0, 0.1) is 0 Å². The number of benzene rings is 1. The highest BCUT2D eigenvalue weighted by Gasteiger charge is 2.19. The number of esters is 1. The van der Waals surface area contributed by atoms with E-state index in [1.54, 1.807) is 6.92 Å². The number of methoxy groups -OCH3 is 1. The fourth-order valence-corrected chi connectivity index (χ4v) is 1.27. The van der Waals surface area contributed by atoms with E-state index >= 15 is 0 Å². The molecule has 5 heteroatoms. The zero-order valence-electron chi connectivity index (χ0n) is 10.2. The summed E-state index contributed by atoms with van der Waals surface area (Å²) in [6, 6.07) is 2.62. The molecule has 18 heavy (non-hydrogen) atoms. The van der Waals surface area contributed by atoms with Crippen molar-refractivity contribution in [3.63, 3.8) is 0 Å². The van der Waals surface area contributed by atoms with Gasteiger partial charge in [-0.3, -0.25) is 4.79 Å². The minimum atomic E-state index is -0.662. The third-order valence-corrected chi connectivity index (χ3v) is 2.36. The van der Waals surface area contributed by atoms with Gasteiger partial charge in [-0.15, -0.1) is 0 Å². The van der Waals surface area contributed by atoms with Crippen molar-refractivity contribution in [3.8, 4) is 17.2 Å². The van der Waals surface area contributed by atoms with Crippen molar-refractivity contribution < 1.29 is 24.2 Å². The summed E-state index contributed by atoms with van der Waals surface area (Å²) in [7, 11) is 1.30. The normalized spacial score (nSPS) is 9.67. The van der Waals surface area contributed by atoms with Gasteiger partial charge in [-0.25, -0.2) is 4.79 Å². The lowest BCUT2D eigenvalue weighted by molar-refractivity contribution is -0.130. The topological polar surface area (TPSA) is 72.8 Å². The van der Waals surface area contributed by atoms with E-state index in [-0.39, 0.29) is 28.4 Å². The van der Waals surface area contributed by atoms with E-state index in [2.05, 4.69) is 6.58 Å². The van der Waals surface area contributed by atoms with Crippen molar-refractivity contribution in [2.24, 2.45) is 0 Å². The lowest BCUT2D eigenvalue weighted by Crippen LogP contribution is -2.12. The summed E-state index contributed by atoms with van der Waals surface area (Å²) in [4.78, 5) is 22.5. The Kier molecular flexibility index (Phi) is 4.48. The number of rotatable bonds is 5. The number of carbonyl (C=O) groups is 2. The Morgan fingerprint density at radius 3 is 2.61 bits per heavy atom. The van der Waals surface area contributed by atoms with Crippen LogP contribution in [0.4, 0.5) is 0 Å². The van der Waals surface area contributed by atoms with Crippen molar-refractivity contribution in [2.75, 3.05) is 7.11 Å².